The molecule has 1 aromatic rings. The largest absolute Gasteiger partial charge is 0.309 e. The van der Waals surface area contributed by atoms with Gasteiger partial charge in [0.05, 0.1) is 11.3 Å². The van der Waals surface area contributed by atoms with Crippen LogP contribution in [0.1, 0.15) is 46.9 Å². The van der Waals surface area contributed by atoms with Crippen LogP contribution in [-0.2, 0) is 4.79 Å². The molecule has 0 aromatic heterocycles. The molecule has 2 nitrogen and oxygen atoms in total. The monoisotopic (exact) mass is 283 g/mol. The molecule has 110 valence electrons. The van der Waals surface area contributed by atoms with Crippen LogP contribution >= 0.6 is 11.8 Å². The van der Waals surface area contributed by atoms with E-state index in [4.69, 9.17) is 0 Å². The molecular weight excluding hydrogens is 254 g/mol. The fraction of sp³-hybridized carbons (Fsp3) is 0.562. The average molecular weight is 283 g/mol. The molecule has 0 fully saturated rings. The standard InChI is InChI=1S/C14H21NOS.C2H6.H2/c1-10(2)17-14(13(15-4)11(3)16)12-8-6-5-7-9-12;1-2;/h5-10,13-15H,1-4H3;1-2H3;1H. The third kappa shape index (κ3) is 6.26. The Labute approximate surface area is 123 Å². The van der Waals surface area contributed by atoms with E-state index in [9.17, 15) is 4.79 Å². The van der Waals surface area contributed by atoms with Gasteiger partial charge in [-0.25, -0.2) is 0 Å². The van der Waals surface area contributed by atoms with E-state index in [1.807, 2.05) is 50.9 Å². The Kier molecular flexibility index (Phi) is 9.62. The topological polar surface area (TPSA) is 29.1 Å². The lowest BCUT2D eigenvalue weighted by Gasteiger charge is -2.26. The first-order chi connectivity index (χ1) is 9.06. The first-order valence-electron chi connectivity index (χ1n) is 6.94. The molecule has 0 bridgehead atoms. The lowest BCUT2D eigenvalue weighted by Crippen LogP contribution is -2.37. The van der Waals surface area contributed by atoms with Crippen LogP contribution in [0.15, 0.2) is 30.3 Å². The van der Waals surface area contributed by atoms with Crippen molar-refractivity contribution in [2.45, 2.75) is 51.2 Å². The third-order valence-corrected chi connectivity index (χ3v) is 3.98. The molecule has 0 spiro atoms. The minimum absolute atomic E-state index is 0. The summed E-state index contributed by atoms with van der Waals surface area (Å²) in [5.41, 5.74) is 1.21. The zero-order valence-corrected chi connectivity index (χ0v) is 13.8. The molecule has 0 aliphatic rings. The Balaban J connectivity index is 0. The molecule has 2 unspecified atom stereocenters. The first kappa shape index (κ1) is 18.2. The minimum Gasteiger partial charge on any atom is -0.309 e. The van der Waals surface area contributed by atoms with E-state index >= 15 is 0 Å². The molecule has 1 N–H and O–H groups in total. The molecule has 0 amide bonds. The highest BCUT2D eigenvalue weighted by Gasteiger charge is 2.26. The van der Waals surface area contributed by atoms with Gasteiger partial charge in [-0.3, -0.25) is 4.79 Å². The Bertz CT molecular complexity index is 357. The van der Waals surface area contributed by atoms with Crippen LogP contribution in [0.2, 0.25) is 0 Å². The summed E-state index contributed by atoms with van der Waals surface area (Å²) in [6.07, 6.45) is 0. The number of carbonyl (C=O) groups is 1. The summed E-state index contributed by atoms with van der Waals surface area (Å²) in [5.74, 6) is 0.189. The normalized spacial score (nSPS) is 13.4. The van der Waals surface area contributed by atoms with Crippen molar-refractivity contribution in [3.05, 3.63) is 35.9 Å². The maximum atomic E-state index is 11.7. The highest BCUT2D eigenvalue weighted by atomic mass is 32.2. The Morgan fingerprint density at radius 2 is 1.74 bits per heavy atom. The number of benzene rings is 1. The summed E-state index contributed by atoms with van der Waals surface area (Å²) in [4.78, 5) is 11.7. The van der Waals surface area contributed by atoms with Gasteiger partial charge in [0.15, 0.2) is 0 Å². The van der Waals surface area contributed by atoms with Crippen molar-refractivity contribution in [1.82, 2.24) is 5.32 Å². The Morgan fingerprint density at radius 1 is 1.21 bits per heavy atom. The predicted molar refractivity (Wildman–Crippen MR) is 88.9 cm³/mol. The van der Waals surface area contributed by atoms with Crippen molar-refractivity contribution in [2.75, 3.05) is 7.05 Å². The number of likely N-dealkylation sites (N-methyl/N-ethyl adjacent to an activating group) is 1. The van der Waals surface area contributed by atoms with Gasteiger partial charge in [-0.05, 0) is 24.8 Å². The van der Waals surface area contributed by atoms with Crippen LogP contribution in [0.3, 0.4) is 0 Å². The lowest BCUT2D eigenvalue weighted by molar-refractivity contribution is -0.118. The number of nitrogens with one attached hydrogen (secondary N) is 1. The van der Waals surface area contributed by atoms with Crippen LogP contribution in [0.5, 0.6) is 0 Å². The van der Waals surface area contributed by atoms with Gasteiger partial charge in [0, 0.05) is 1.43 Å². The van der Waals surface area contributed by atoms with Crippen LogP contribution in [-0.4, -0.2) is 24.1 Å². The number of rotatable bonds is 6. The summed E-state index contributed by atoms with van der Waals surface area (Å²) >= 11 is 1.83. The quantitative estimate of drug-likeness (QED) is 0.843. The fourth-order valence-corrected chi connectivity index (χ4v) is 3.24. The number of hydrogen-bond acceptors (Lipinski definition) is 3. The number of carbonyl (C=O) groups excluding carboxylic acids is 1. The van der Waals surface area contributed by atoms with Crippen molar-refractivity contribution in [3.63, 3.8) is 0 Å². The summed E-state index contributed by atoms with van der Waals surface area (Å²) < 4.78 is 0. The second kappa shape index (κ2) is 10.0. The van der Waals surface area contributed by atoms with Gasteiger partial charge >= 0.3 is 0 Å². The van der Waals surface area contributed by atoms with E-state index in [0.717, 1.165) is 0 Å². The highest BCUT2D eigenvalue weighted by molar-refractivity contribution is 8.00. The van der Waals surface area contributed by atoms with Crippen LogP contribution < -0.4 is 5.32 Å². The maximum Gasteiger partial charge on any atom is 0.148 e. The second-order valence-electron chi connectivity index (χ2n) is 4.39. The number of Topliss-reactive ketones (excluding diaryl/α,β-unsaturated/α-hetero) is 1. The zero-order valence-electron chi connectivity index (χ0n) is 12.9. The van der Waals surface area contributed by atoms with Crippen LogP contribution in [0, 0.1) is 0 Å². The SMILES string of the molecule is CC.CNC(C(C)=O)C(SC(C)C)c1ccccc1.[HH]. The van der Waals surface area contributed by atoms with E-state index in [-0.39, 0.29) is 18.5 Å². The van der Waals surface area contributed by atoms with Gasteiger partial charge in [0.25, 0.3) is 0 Å². The predicted octanol–water partition coefficient (Wildman–Crippen LogP) is 4.32. The molecule has 1 rings (SSSR count). The van der Waals surface area contributed by atoms with Gasteiger partial charge in [-0.15, -0.1) is 11.8 Å². The second-order valence-corrected chi connectivity index (χ2v) is 6.12. The van der Waals surface area contributed by atoms with Gasteiger partial charge in [-0.1, -0.05) is 58.0 Å². The fourth-order valence-electron chi connectivity index (χ4n) is 1.85. The van der Waals surface area contributed by atoms with Crippen molar-refractivity contribution in [2.24, 2.45) is 0 Å². The maximum absolute atomic E-state index is 11.7. The molecule has 19 heavy (non-hydrogen) atoms. The molecule has 0 saturated heterocycles. The number of thioether (sulfide) groups is 1. The number of ketones is 1. The van der Waals surface area contributed by atoms with E-state index in [1.165, 1.54) is 5.56 Å². The molecule has 0 aliphatic carbocycles. The molecule has 0 saturated carbocycles. The van der Waals surface area contributed by atoms with E-state index in [0.29, 0.717) is 5.25 Å². The molecule has 0 aliphatic heterocycles. The van der Waals surface area contributed by atoms with Crippen molar-refractivity contribution in [1.29, 1.82) is 0 Å². The van der Waals surface area contributed by atoms with Gasteiger partial charge in [-0.2, -0.15) is 0 Å². The summed E-state index contributed by atoms with van der Waals surface area (Å²) in [6.45, 7) is 9.97. The Morgan fingerprint density at radius 3 is 2.11 bits per heavy atom. The van der Waals surface area contributed by atoms with Crippen molar-refractivity contribution >= 4 is 17.5 Å². The average Bonchev–Trinajstić information content (AvgIpc) is 2.41. The smallest absolute Gasteiger partial charge is 0.148 e. The van der Waals surface area contributed by atoms with E-state index in [2.05, 4.69) is 31.3 Å². The van der Waals surface area contributed by atoms with Crippen molar-refractivity contribution < 1.29 is 6.22 Å². The van der Waals surface area contributed by atoms with Crippen molar-refractivity contribution in [3.8, 4) is 0 Å². The summed E-state index contributed by atoms with van der Waals surface area (Å²) in [5, 5.41) is 3.81. The molecule has 3 heteroatoms. The number of hydrogen-bond donors (Lipinski definition) is 1. The van der Waals surface area contributed by atoms with Gasteiger partial charge in [0.1, 0.15) is 5.78 Å². The molecule has 0 heterocycles. The third-order valence-electron chi connectivity index (χ3n) is 2.60. The Hall–Kier alpha value is -0.800. The zero-order chi connectivity index (χ0) is 14.8. The van der Waals surface area contributed by atoms with E-state index < -0.39 is 0 Å². The van der Waals surface area contributed by atoms with E-state index in [1.54, 1.807) is 6.92 Å². The molecule has 1 aromatic carbocycles. The molecular formula is C16H29NOS. The van der Waals surface area contributed by atoms with Crippen LogP contribution in [0.4, 0.5) is 0 Å². The lowest BCUT2D eigenvalue weighted by atomic mass is 10.0. The molecule has 0 radical (unpaired) electrons. The summed E-state index contributed by atoms with van der Waals surface area (Å²) in [7, 11) is 1.85. The highest BCUT2D eigenvalue weighted by Crippen LogP contribution is 2.35. The van der Waals surface area contributed by atoms with Gasteiger partial charge in [0.2, 0.25) is 0 Å². The minimum atomic E-state index is -0.121. The van der Waals surface area contributed by atoms with Gasteiger partial charge < -0.3 is 5.32 Å². The molecule has 2 atom stereocenters. The van der Waals surface area contributed by atoms with Crippen LogP contribution in [0.25, 0.3) is 0 Å². The summed E-state index contributed by atoms with van der Waals surface area (Å²) in [6, 6.07) is 10.1. The first-order valence-corrected chi connectivity index (χ1v) is 7.88.